The maximum atomic E-state index is 5.89. The van der Waals surface area contributed by atoms with E-state index in [0.717, 1.165) is 48.4 Å². The Morgan fingerprint density at radius 1 is 1.37 bits per heavy atom. The van der Waals surface area contributed by atoms with E-state index in [0.29, 0.717) is 12.6 Å². The van der Waals surface area contributed by atoms with E-state index in [-0.39, 0.29) is 0 Å². The highest BCUT2D eigenvalue weighted by Crippen LogP contribution is 2.28. The fraction of sp³-hybridized carbons (Fsp3) is 0.571. The van der Waals surface area contributed by atoms with Gasteiger partial charge in [-0.15, -0.1) is 0 Å². The number of benzene rings is 1. The van der Waals surface area contributed by atoms with Gasteiger partial charge in [-0.1, -0.05) is 0 Å². The first kappa shape index (κ1) is 14.6. The Morgan fingerprint density at radius 2 is 2.11 bits per heavy atom. The molecule has 0 aromatic heterocycles. The van der Waals surface area contributed by atoms with Crippen molar-refractivity contribution in [3.63, 3.8) is 0 Å². The molecule has 4 nitrogen and oxygen atoms in total. The number of likely N-dealkylation sites (tertiary alicyclic amines) is 1. The molecule has 1 aliphatic rings. The SMILES string of the molecule is COc1cc(OCCN2CCC(N)CC2)ccc1Br. The Balaban J connectivity index is 1.76. The summed E-state index contributed by atoms with van der Waals surface area (Å²) in [6, 6.07) is 6.16. The number of methoxy groups -OCH3 is 1. The van der Waals surface area contributed by atoms with Crippen LogP contribution in [0.5, 0.6) is 11.5 Å². The van der Waals surface area contributed by atoms with Crippen molar-refractivity contribution >= 4 is 15.9 Å². The molecule has 1 heterocycles. The molecule has 1 aromatic carbocycles. The maximum absolute atomic E-state index is 5.89. The molecular formula is C14H21BrN2O2. The molecule has 2 rings (SSSR count). The van der Waals surface area contributed by atoms with E-state index in [9.17, 15) is 0 Å². The minimum Gasteiger partial charge on any atom is -0.495 e. The second-order valence-corrected chi connectivity index (χ2v) is 5.68. The molecule has 106 valence electrons. The van der Waals surface area contributed by atoms with Gasteiger partial charge in [0.05, 0.1) is 11.6 Å². The number of halogens is 1. The molecule has 1 aliphatic heterocycles. The molecule has 1 aromatic rings. The van der Waals surface area contributed by atoms with E-state index in [2.05, 4.69) is 20.8 Å². The van der Waals surface area contributed by atoms with Gasteiger partial charge in [-0.25, -0.2) is 0 Å². The van der Waals surface area contributed by atoms with E-state index in [4.69, 9.17) is 15.2 Å². The van der Waals surface area contributed by atoms with E-state index in [1.165, 1.54) is 0 Å². The Hall–Kier alpha value is -0.780. The van der Waals surface area contributed by atoms with Gasteiger partial charge in [-0.2, -0.15) is 0 Å². The highest BCUT2D eigenvalue weighted by Gasteiger charge is 2.15. The molecule has 2 N–H and O–H groups in total. The van der Waals surface area contributed by atoms with Crippen molar-refractivity contribution in [1.82, 2.24) is 4.90 Å². The van der Waals surface area contributed by atoms with Crippen molar-refractivity contribution in [3.05, 3.63) is 22.7 Å². The number of hydrogen-bond acceptors (Lipinski definition) is 4. The van der Waals surface area contributed by atoms with Gasteiger partial charge in [0.1, 0.15) is 18.1 Å². The quantitative estimate of drug-likeness (QED) is 0.900. The second kappa shape index (κ2) is 7.12. The zero-order chi connectivity index (χ0) is 13.7. The zero-order valence-electron chi connectivity index (χ0n) is 11.3. The molecule has 0 radical (unpaired) electrons. The van der Waals surface area contributed by atoms with Crippen molar-refractivity contribution in [2.45, 2.75) is 18.9 Å². The molecule has 5 heteroatoms. The third-order valence-electron chi connectivity index (χ3n) is 3.43. The van der Waals surface area contributed by atoms with E-state index in [1.807, 2.05) is 18.2 Å². The highest BCUT2D eigenvalue weighted by atomic mass is 79.9. The van der Waals surface area contributed by atoms with Crippen molar-refractivity contribution < 1.29 is 9.47 Å². The summed E-state index contributed by atoms with van der Waals surface area (Å²) in [5, 5.41) is 0. The van der Waals surface area contributed by atoms with E-state index >= 15 is 0 Å². The Kier molecular flexibility index (Phi) is 5.48. The van der Waals surface area contributed by atoms with Crippen LogP contribution in [-0.2, 0) is 0 Å². The first-order valence-electron chi connectivity index (χ1n) is 6.63. The summed E-state index contributed by atoms with van der Waals surface area (Å²) in [6.45, 7) is 3.80. The molecule has 0 amide bonds. The molecule has 0 aliphatic carbocycles. The summed E-state index contributed by atoms with van der Waals surface area (Å²) < 4.78 is 11.9. The summed E-state index contributed by atoms with van der Waals surface area (Å²) in [6.07, 6.45) is 2.18. The maximum Gasteiger partial charge on any atom is 0.136 e. The number of piperidine rings is 1. The molecule has 19 heavy (non-hydrogen) atoms. The van der Waals surface area contributed by atoms with E-state index < -0.39 is 0 Å². The fourth-order valence-electron chi connectivity index (χ4n) is 2.20. The minimum absolute atomic E-state index is 0.382. The summed E-state index contributed by atoms with van der Waals surface area (Å²) in [4.78, 5) is 2.40. The lowest BCUT2D eigenvalue weighted by Crippen LogP contribution is -2.41. The summed E-state index contributed by atoms with van der Waals surface area (Å²) in [5.41, 5.74) is 5.89. The largest absolute Gasteiger partial charge is 0.495 e. The number of nitrogens with zero attached hydrogens (tertiary/aromatic N) is 1. The average molecular weight is 329 g/mol. The van der Waals surface area contributed by atoms with Crippen molar-refractivity contribution in [3.8, 4) is 11.5 Å². The van der Waals surface area contributed by atoms with Gasteiger partial charge >= 0.3 is 0 Å². The van der Waals surface area contributed by atoms with Gasteiger partial charge < -0.3 is 15.2 Å². The van der Waals surface area contributed by atoms with E-state index in [1.54, 1.807) is 7.11 Å². The first-order chi connectivity index (χ1) is 9.19. The molecule has 0 saturated carbocycles. The smallest absolute Gasteiger partial charge is 0.136 e. The monoisotopic (exact) mass is 328 g/mol. The Morgan fingerprint density at radius 3 is 2.79 bits per heavy atom. The molecule has 1 saturated heterocycles. The van der Waals surface area contributed by atoms with Crippen molar-refractivity contribution in [2.24, 2.45) is 5.73 Å². The van der Waals surface area contributed by atoms with Gasteiger partial charge in [0.15, 0.2) is 0 Å². The van der Waals surface area contributed by atoms with Crippen LogP contribution in [0.15, 0.2) is 22.7 Å². The second-order valence-electron chi connectivity index (χ2n) is 4.82. The summed E-state index contributed by atoms with van der Waals surface area (Å²) in [7, 11) is 1.65. The van der Waals surface area contributed by atoms with Crippen LogP contribution in [-0.4, -0.2) is 44.3 Å². The molecule has 0 bridgehead atoms. The van der Waals surface area contributed by atoms with Crippen molar-refractivity contribution in [2.75, 3.05) is 33.4 Å². The van der Waals surface area contributed by atoms with Crippen LogP contribution >= 0.6 is 15.9 Å². The number of ether oxygens (including phenoxy) is 2. The van der Waals surface area contributed by atoms with Crippen molar-refractivity contribution in [1.29, 1.82) is 0 Å². The summed E-state index contributed by atoms with van der Waals surface area (Å²) >= 11 is 3.43. The standard InChI is InChI=1S/C14H21BrN2O2/c1-18-14-10-12(2-3-13(14)15)19-9-8-17-6-4-11(16)5-7-17/h2-3,10-11H,4-9,16H2,1H3. The van der Waals surface area contributed by atoms with Crippen LogP contribution in [0.1, 0.15) is 12.8 Å². The third kappa shape index (κ3) is 4.37. The molecule has 0 unspecified atom stereocenters. The number of hydrogen-bond donors (Lipinski definition) is 1. The predicted octanol–water partition coefficient (Wildman–Crippen LogP) is 2.26. The van der Waals surface area contributed by atoms with Gasteiger partial charge in [-0.05, 0) is 54.0 Å². The van der Waals surface area contributed by atoms with Crippen LogP contribution in [0.2, 0.25) is 0 Å². The van der Waals surface area contributed by atoms with Crippen LogP contribution in [0, 0.1) is 0 Å². The topological polar surface area (TPSA) is 47.7 Å². The lowest BCUT2D eigenvalue weighted by molar-refractivity contribution is 0.174. The Bertz CT molecular complexity index is 406. The van der Waals surface area contributed by atoms with Crippen LogP contribution in [0.3, 0.4) is 0 Å². The number of rotatable bonds is 5. The highest BCUT2D eigenvalue weighted by molar-refractivity contribution is 9.10. The predicted molar refractivity (Wildman–Crippen MR) is 79.8 cm³/mol. The normalized spacial score (nSPS) is 17.4. The first-order valence-corrected chi connectivity index (χ1v) is 7.42. The van der Waals surface area contributed by atoms with Gasteiger partial charge in [0, 0.05) is 18.7 Å². The van der Waals surface area contributed by atoms with Gasteiger partial charge in [0.2, 0.25) is 0 Å². The molecule has 0 spiro atoms. The van der Waals surface area contributed by atoms with Gasteiger partial charge in [-0.3, -0.25) is 4.90 Å². The minimum atomic E-state index is 0.382. The van der Waals surface area contributed by atoms with Gasteiger partial charge in [0.25, 0.3) is 0 Å². The lowest BCUT2D eigenvalue weighted by Gasteiger charge is -2.29. The summed E-state index contributed by atoms with van der Waals surface area (Å²) in [5.74, 6) is 1.63. The molecule has 0 atom stereocenters. The zero-order valence-corrected chi connectivity index (χ0v) is 12.9. The molecular weight excluding hydrogens is 308 g/mol. The van der Waals surface area contributed by atoms with Crippen LogP contribution < -0.4 is 15.2 Å². The van der Waals surface area contributed by atoms with Crippen LogP contribution in [0.4, 0.5) is 0 Å². The average Bonchev–Trinajstić information content (AvgIpc) is 2.43. The number of nitrogens with two attached hydrogens (primary N) is 1. The molecule has 1 fully saturated rings. The Labute approximate surface area is 123 Å². The lowest BCUT2D eigenvalue weighted by atomic mass is 10.1. The fourth-order valence-corrected chi connectivity index (χ4v) is 2.61. The third-order valence-corrected chi connectivity index (χ3v) is 4.09. The van der Waals surface area contributed by atoms with Crippen LogP contribution in [0.25, 0.3) is 0 Å².